The second-order valence-corrected chi connectivity index (χ2v) is 36.7. The molecule has 0 aliphatic carbocycles. The van der Waals surface area contributed by atoms with Crippen molar-refractivity contribution in [3.05, 3.63) is 343 Å². The van der Waals surface area contributed by atoms with Gasteiger partial charge in [-0.1, -0.05) is 221 Å². The molecule has 0 saturated carbocycles. The number of carbonyl (C=O) groups excluding carboxylic acids is 1. The van der Waals surface area contributed by atoms with Crippen molar-refractivity contribution in [2.45, 2.75) is 271 Å². The van der Waals surface area contributed by atoms with Gasteiger partial charge < -0.3 is 15.0 Å². The first-order chi connectivity index (χ1) is 58.3. The maximum atomic E-state index is 12.4. The fourth-order valence-electron chi connectivity index (χ4n) is 10.4. The zero-order valence-corrected chi connectivity index (χ0v) is 81.9. The predicted molar refractivity (Wildman–Crippen MR) is 516 cm³/mol. The molecule has 0 fully saturated rings. The Hall–Kier alpha value is -10.8. The van der Waals surface area contributed by atoms with Crippen molar-refractivity contribution in [2.24, 2.45) is 0 Å². The van der Waals surface area contributed by atoms with Crippen LogP contribution >= 0.6 is 27.5 Å². The van der Waals surface area contributed by atoms with Gasteiger partial charge in [-0.3, -0.25) is 54.6 Å². The van der Waals surface area contributed by atoms with Crippen LogP contribution < -0.4 is 10.5 Å². The number of anilines is 1. The number of pyridine rings is 10. The van der Waals surface area contributed by atoms with Crippen LogP contribution in [0.1, 0.15) is 323 Å². The Labute approximate surface area is 759 Å². The van der Waals surface area contributed by atoms with E-state index in [1.165, 1.54) is 52.2 Å². The second kappa shape index (κ2) is 54.9. The van der Waals surface area contributed by atoms with E-state index in [-0.39, 0.29) is 33.8 Å². The summed E-state index contributed by atoms with van der Waals surface area (Å²) < 4.78 is 57.0. The number of nitrogen functional groups attached to an aromatic ring is 1. The van der Waals surface area contributed by atoms with Crippen LogP contribution in [0.5, 0.6) is 5.75 Å². The number of ketones is 1. The lowest BCUT2D eigenvalue weighted by atomic mass is 9.92. The topological polar surface area (TPSA) is 191 Å². The van der Waals surface area contributed by atoms with Crippen LogP contribution in [-0.2, 0) is 22.4 Å². The van der Waals surface area contributed by atoms with Gasteiger partial charge in [0.1, 0.15) is 11.6 Å². The van der Waals surface area contributed by atoms with Crippen molar-refractivity contribution in [2.75, 3.05) is 12.8 Å². The number of hydrogen-bond donors (Lipinski definition) is 1. The molecule has 21 heteroatoms. The Morgan fingerprint density at radius 3 is 1.16 bits per heavy atom. The highest BCUT2D eigenvalue weighted by Crippen LogP contribution is 2.30. The summed E-state index contributed by atoms with van der Waals surface area (Å²) in [6.07, 6.45) is 11.8. The summed E-state index contributed by atoms with van der Waals surface area (Å²) in [5, 5.41) is 0.693. The molecule has 15 nitrogen and oxygen atoms in total. The van der Waals surface area contributed by atoms with Gasteiger partial charge in [0.25, 0.3) is 0 Å². The SMILES string of the molecule is CC(=O)c1ccc(C(C)C)nc1.CC(C)(C)c1ccc(Br)cn1.CC(C)(C)c1ccc(Cl)cn1.CC(C)(C)c1ccc(F)cn1.CC(C)c1ccc(C(F)(F)F)cn1.CC(C)c1ccc(N)cn1.CC(C)c1ccccn1.COc1ccc(C(C)C)nc1.Cc1ccc(C(C)C)nc1.Cc1ccc(C)n1-c1ccc(C(C)C)cc1.[C-]#[N+]c1ccc(C(C)C)nc1. The molecular weight excluding hydrogens is 1650 g/mol. The molecule has 0 unspecified atom stereocenters. The fraction of sp³-hybridized carbons (Fsp3) is 0.404. The highest BCUT2D eigenvalue weighted by atomic mass is 79.9. The van der Waals surface area contributed by atoms with Crippen LogP contribution in [0.4, 0.5) is 28.9 Å². The van der Waals surface area contributed by atoms with E-state index in [4.69, 9.17) is 28.6 Å². The van der Waals surface area contributed by atoms with E-state index >= 15 is 0 Å². The third kappa shape index (κ3) is 44.1. The van der Waals surface area contributed by atoms with E-state index in [2.05, 4.69) is 283 Å². The molecule has 125 heavy (non-hydrogen) atoms. The lowest BCUT2D eigenvalue weighted by Crippen LogP contribution is -2.12. The van der Waals surface area contributed by atoms with Gasteiger partial charge in [-0.25, -0.2) is 9.24 Å². The molecule has 0 atom stereocenters. The molecule has 11 aromatic heterocycles. The van der Waals surface area contributed by atoms with Crippen LogP contribution in [0.15, 0.2) is 230 Å². The number of hydrogen-bond acceptors (Lipinski definition) is 13. The lowest BCUT2D eigenvalue weighted by Gasteiger charge is -2.16. The number of nitrogens with zero attached hydrogens (tertiary/aromatic N) is 12. The number of alkyl halides is 3. The zero-order valence-electron chi connectivity index (χ0n) is 79.5. The number of aromatic nitrogens is 11. The third-order valence-corrected chi connectivity index (χ3v) is 19.0. The number of halogens is 6. The molecule has 11 heterocycles. The molecule has 0 spiro atoms. The molecule has 12 rings (SSSR count). The molecule has 12 aromatic rings. The van der Waals surface area contributed by atoms with Crippen LogP contribution in [0, 0.1) is 33.2 Å². The summed E-state index contributed by atoms with van der Waals surface area (Å²) in [5.41, 5.74) is 23.9. The van der Waals surface area contributed by atoms with Crippen LogP contribution in [0.25, 0.3) is 10.5 Å². The Balaban J connectivity index is 0.000000467. The van der Waals surface area contributed by atoms with Crippen molar-refractivity contribution in [1.29, 1.82) is 0 Å². The first-order valence-electron chi connectivity index (χ1n) is 42.3. The number of methoxy groups -OCH3 is 1. The number of ether oxygens (including phenoxy) is 1. The maximum absolute atomic E-state index is 12.4. The molecule has 0 saturated heterocycles. The fourth-order valence-corrected chi connectivity index (χ4v) is 10.7. The standard InChI is InChI=1S/C15H19N.C10H13NO.C9H12BrN.C9H12ClN.C9H10F3N.C9H12FN.C9H10N2.C9H13NO.C9H13N.C8H12N2.C8H11N/c1-11(2)14-7-9-15(10-8-14)16-12(3)5-6-13(16)4;1-7(2)10-5-4-9(6-11-10)8(3)12;2*1-9(2,3)8-5-4-7(10)6-11-8;1-6(2)8-4-3-7(5-13-8)9(10,11)12;1-9(2,3)8-5-4-7(10)6-11-8;1-7(2)9-5-4-8(10-3)6-11-9;1-7(2)9-5-4-8(11-3)6-10-9;1-7(2)9-5-4-8(3)6-10-9;1-6(2)8-4-3-7(9)5-10-8;1-7(2)8-5-3-4-6-9-8/h5-11H,1-4H3;4-7H,1-3H3;2*4-6H,1-3H3;3-6H,1-2H3;4-6H,1-3H3;4-7H,1-2H3;4-7H,1-3H3;4-7H,1-3H3;3-6H,9H2,1-2H3;3-7H,1-2H3. The Bertz CT molecular complexity index is 4780. The van der Waals surface area contributed by atoms with E-state index in [0.717, 1.165) is 73.7 Å². The summed E-state index contributed by atoms with van der Waals surface area (Å²) in [6, 6.07) is 52.1. The van der Waals surface area contributed by atoms with Gasteiger partial charge in [-0.15, -0.1) is 0 Å². The van der Waals surface area contributed by atoms with Crippen LogP contribution in [0.3, 0.4) is 0 Å². The van der Waals surface area contributed by atoms with Crippen molar-refractivity contribution < 1.29 is 27.1 Å². The minimum Gasteiger partial charge on any atom is -0.495 e. The average Bonchev–Trinajstić information content (AvgIpc) is 1.71. The minimum atomic E-state index is -4.29. The van der Waals surface area contributed by atoms with Crippen molar-refractivity contribution >= 4 is 44.7 Å². The summed E-state index contributed by atoms with van der Waals surface area (Å²) in [6.45, 7) is 67.2. The molecule has 0 aliphatic heterocycles. The van der Waals surface area contributed by atoms with E-state index in [1.54, 1.807) is 57.2 Å². The van der Waals surface area contributed by atoms with Crippen LogP contribution in [-0.4, -0.2) is 67.3 Å². The van der Waals surface area contributed by atoms with E-state index < -0.39 is 11.7 Å². The third-order valence-electron chi connectivity index (χ3n) is 18.3. The average molecular weight is 1790 g/mol. The van der Waals surface area contributed by atoms with E-state index in [0.29, 0.717) is 63.4 Å². The number of carbonyl (C=O) groups is 1. The molecule has 672 valence electrons. The number of rotatable bonds is 11. The smallest absolute Gasteiger partial charge is 0.417 e. The van der Waals surface area contributed by atoms with Crippen LogP contribution in [0.2, 0.25) is 5.02 Å². The van der Waals surface area contributed by atoms with Crippen molar-refractivity contribution in [1.82, 2.24) is 54.4 Å². The van der Waals surface area contributed by atoms with Gasteiger partial charge in [0.05, 0.1) is 48.5 Å². The number of nitrogens with two attached hydrogens (primary N) is 1. The van der Waals surface area contributed by atoms with Gasteiger partial charge in [-0.2, -0.15) is 13.2 Å². The molecule has 1 aromatic carbocycles. The van der Waals surface area contributed by atoms with Gasteiger partial charge >= 0.3 is 6.18 Å². The van der Waals surface area contributed by atoms with E-state index in [9.17, 15) is 22.4 Å². The highest BCUT2D eigenvalue weighted by Gasteiger charge is 2.31. The molecule has 0 aliphatic rings. The summed E-state index contributed by atoms with van der Waals surface area (Å²) >= 11 is 9.05. The highest BCUT2D eigenvalue weighted by molar-refractivity contribution is 9.10. The molecule has 0 bridgehead atoms. The lowest BCUT2D eigenvalue weighted by molar-refractivity contribution is -0.137. The van der Waals surface area contributed by atoms with Crippen molar-refractivity contribution in [3.63, 3.8) is 0 Å². The Morgan fingerprint density at radius 1 is 0.432 bits per heavy atom. The number of Topliss-reactive ketones (excluding diaryl/α,β-unsaturated/α-hetero) is 1. The monoisotopic (exact) mass is 1790 g/mol. The van der Waals surface area contributed by atoms with Crippen molar-refractivity contribution in [3.8, 4) is 11.4 Å². The largest absolute Gasteiger partial charge is 0.495 e. The van der Waals surface area contributed by atoms with Gasteiger partial charge in [0.2, 0.25) is 5.69 Å². The summed E-state index contributed by atoms with van der Waals surface area (Å²) in [4.78, 5) is 55.5. The Kier molecular flexibility index (Phi) is 48.4. The normalized spacial score (nSPS) is 10.9. The quantitative estimate of drug-likeness (QED) is 0.0732. The molecule has 0 amide bonds. The predicted octanol–water partition coefficient (Wildman–Crippen LogP) is 30.0. The summed E-state index contributed by atoms with van der Waals surface area (Å²) in [7, 11) is 1.64. The molecular formula is C104H137BrClF4N13O2. The summed E-state index contributed by atoms with van der Waals surface area (Å²) in [5.74, 6) is 4.28. The maximum Gasteiger partial charge on any atom is 0.417 e. The van der Waals surface area contributed by atoms with Gasteiger partial charge in [0, 0.05) is 144 Å². The molecule has 0 radical (unpaired) electrons. The number of aryl methyl sites for hydroxylation is 3. The second-order valence-electron chi connectivity index (χ2n) is 35.3. The Morgan fingerprint density at radius 2 is 0.848 bits per heavy atom. The first kappa shape index (κ1) is 110. The minimum absolute atomic E-state index is 0.00764. The zero-order chi connectivity index (χ0) is 94.7. The van der Waals surface area contributed by atoms with Gasteiger partial charge in [0.15, 0.2) is 5.78 Å². The van der Waals surface area contributed by atoms with E-state index in [1.807, 2.05) is 138 Å². The first-order valence-corrected chi connectivity index (χ1v) is 43.5. The molecule has 2 N–H and O–H groups in total. The number of benzene rings is 1. The van der Waals surface area contributed by atoms with Gasteiger partial charge in [-0.05, 0) is 229 Å².